The third-order valence-corrected chi connectivity index (χ3v) is 3.38. The van der Waals surface area contributed by atoms with E-state index in [1.165, 1.54) is 0 Å². The highest BCUT2D eigenvalue weighted by Gasteiger charge is 2.29. The molecule has 0 aromatic carbocycles. The molecule has 0 aliphatic heterocycles. The van der Waals surface area contributed by atoms with Crippen LogP contribution in [0.25, 0.3) is 5.57 Å². The van der Waals surface area contributed by atoms with Crippen LogP contribution in [0.15, 0.2) is 30.6 Å². The van der Waals surface area contributed by atoms with Crippen molar-refractivity contribution in [2.75, 3.05) is 6.61 Å². The van der Waals surface area contributed by atoms with Crippen LogP contribution < -0.4 is 0 Å². The Morgan fingerprint density at radius 2 is 2.39 bits per heavy atom. The maximum atomic E-state index is 12.0. The topological polar surface area (TPSA) is 39.2 Å². The Bertz CT molecular complexity index is 444. The highest BCUT2D eigenvalue weighted by molar-refractivity contribution is 6.22. The highest BCUT2D eigenvalue weighted by Crippen LogP contribution is 2.34. The van der Waals surface area contributed by atoms with Gasteiger partial charge in [0.25, 0.3) is 0 Å². The minimum absolute atomic E-state index is 0.0223. The van der Waals surface area contributed by atoms with Gasteiger partial charge >= 0.3 is 5.97 Å². The number of aromatic nitrogens is 1. The quantitative estimate of drug-likeness (QED) is 0.623. The number of allylic oxidation sites excluding steroid dienone is 1. The molecule has 1 heterocycles. The summed E-state index contributed by atoms with van der Waals surface area (Å²) in [5, 5.41) is -0.0223. The SMILES string of the molecule is CCOC(=O)C1CCC(Cl)C=C1c1cccnc1. The van der Waals surface area contributed by atoms with Crippen molar-refractivity contribution in [2.24, 2.45) is 5.92 Å². The summed E-state index contributed by atoms with van der Waals surface area (Å²) in [5.74, 6) is -0.389. The predicted octanol–water partition coefficient (Wildman–Crippen LogP) is 3.05. The predicted molar refractivity (Wildman–Crippen MR) is 71.2 cm³/mol. The second-order valence-corrected chi connectivity index (χ2v) is 4.82. The van der Waals surface area contributed by atoms with Crippen LogP contribution >= 0.6 is 11.6 Å². The van der Waals surface area contributed by atoms with Crippen LogP contribution in [-0.2, 0) is 9.53 Å². The molecule has 0 radical (unpaired) electrons. The van der Waals surface area contributed by atoms with Gasteiger partial charge in [0, 0.05) is 12.4 Å². The van der Waals surface area contributed by atoms with Gasteiger partial charge in [-0.3, -0.25) is 9.78 Å². The Balaban J connectivity index is 2.30. The van der Waals surface area contributed by atoms with Crippen molar-refractivity contribution in [3.05, 3.63) is 36.2 Å². The summed E-state index contributed by atoms with van der Waals surface area (Å²) in [7, 11) is 0. The normalized spacial score (nSPS) is 23.3. The van der Waals surface area contributed by atoms with Gasteiger partial charge in [-0.1, -0.05) is 12.1 Å². The van der Waals surface area contributed by atoms with Crippen molar-refractivity contribution >= 4 is 23.1 Å². The maximum absolute atomic E-state index is 12.0. The van der Waals surface area contributed by atoms with Gasteiger partial charge in [0.1, 0.15) is 0 Å². The number of nitrogens with zero attached hydrogens (tertiary/aromatic N) is 1. The molecule has 0 bridgehead atoms. The van der Waals surface area contributed by atoms with E-state index >= 15 is 0 Å². The molecule has 0 saturated carbocycles. The molecule has 0 amide bonds. The van der Waals surface area contributed by atoms with Crippen molar-refractivity contribution < 1.29 is 9.53 Å². The minimum atomic E-state index is -0.218. The van der Waals surface area contributed by atoms with E-state index in [1.54, 1.807) is 12.4 Å². The van der Waals surface area contributed by atoms with Gasteiger partial charge in [-0.2, -0.15) is 0 Å². The van der Waals surface area contributed by atoms with Crippen molar-refractivity contribution in [3.8, 4) is 0 Å². The molecule has 0 saturated heterocycles. The lowest BCUT2D eigenvalue weighted by atomic mass is 9.84. The zero-order valence-corrected chi connectivity index (χ0v) is 11.1. The van der Waals surface area contributed by atoms with Gasteiger partial charge in [-0.05, 0) is 37.0 Å². The number of hydrogen-bond acceptors (Lipinski definition) is 3. The van der Waals surface area contributed by atoms with Crippen LogP contribution in [0.1, 0.15) is 25.3 Å². The molecule has 2 rings (SSSR count). The second-order valence-electron chi connectivity index (χ2n) is 4.26. The van der Waals surface area contributed by atoms with E-state index in [1.807, 2.05) is 25.1 Å². The first-order valence-electron chi connectivity index (χ1n) is 6.15. The van der Waals surface area contributed by atoms with E-state index < -0.39 is 0 Å². The lowest BCUT2D eigenvalue weighted by molar-refractivity contribution is -0.146. The van der Waals surface area contributed by atoms with E-state index in [4.69, 9.17) is 16.3 Å². The molecular formula is C14H16ClNO2. The summed E-state index contributed by atoms with van der Waals surface area (Å²) < 4.78 is 5.13. The van der Waals surface area contributed by atoms with Crippen molar-refractivity contribution in [1.82, 2.24) is 4.98 Å². The van der Waals surface area contributed by atoms with E-state index in [-0.39, 0.29) is 17.3 Å². The molecule has 4 heteroatoms. The van der Waals surface area contributed by atoms with Gasteiger partial charge in [0.2, 0.25) is 0 Å². The van der Waals surface area contributed by atoms with Crippen LogP contribution in [0.2, 0.25) is 0 Å². The average Bonchev–Trinajstić information content (AvgIpc) is 2.40. The maximum Gasteiger partial charge on any atom is 0.313 e. The van der Waals surface area contributed by atoms with Crippen molar-refractivity contribution in [1.29, 1.82) is 0 Å². The highest BCUT2D eigenvalue weighted by atomic mass is 35.5. The third-order valence-electron chi connectivity index (χ3n) is 3.03. The monoisotopic (exact) mass is 265 g/mol. The van der Waals surface area contributed by atoms with Crippen LogP contribution in [0.5, 0.6) is 0 Å². The molecule has 2 atom stereocenters. The largest absolute Gasteiger partial charge is 0.466 e. The molecule has 1 aliphatic carbocycles. The van der Waals surface area contributed by atoms with Gasteiger partial charge < -0.3 is 4.74 Å². The minimum Gasteiger partial charge on any atom is -0.466 e. The van der Waals surface area contributed by atoms with Crippen molar-refractivity contribution in [2.45, 2.75) is 25.1 Å². The fourth-order valence-corrected chi connectivity index (χ4v) is 2.46. The van der Waals surface area contributed by atoms with E-state index in [0.29, 0.717) is 6.61 Å². The summed E-state index contributed by atoms with van der Waals surface area (Å²) in [6.07, 6.45) is 6.95. The van der Waals surface area contributed by atoms with Crippen LogP contribution in [-0.4, -0.2) is 22.9 Å². The summed E-state index contributed by atoms with van der Waals surface area (Å²) >= 11 is 6.16. The lowest BCUT2D eigenvalue weighted by Gasteiger charge is -2.25. The Kier molecular flexibility index (Phi) is 4.37. The first kappa shape index (κ1) is 13.1. The molecule has 1 aliphatic rings. The number of alkyl halides is 1. The first-order chi connectivity index (χ1) is 8.72. The van der Waals surface area contributed by atoms with Crippen LogP contribution in [0.3, 0.4) is 0 Å². The first-order valence-corrected chi connectivity index (χ1v) is 6.58. The van der Waals surface area contributed by atoms with E-state index in [0.717, 1.165) is 24.0 Å². The summed E-state index contributed by atoms with van der Waals surface area (Å²) in [5.41, 5.74) is 1.88. The third kappa shape index (κ3) is 2.91. The molecule has 3 nitrogen and oxygen atoms in total. The molecule has 0 fully saturated rings. The fourth-order valence-electron chi connectivity index (χ4n) is 2.19. The number of pyridine rings is 1. The van der Waals surface area contributed by atoms with Crippen LogP contribution in [0, 0.1) is 5.92 Å². The van der Waals surface area contributed by atoms with E-state index in [2.05, 4.69) is 4.98 Å². The molecule has 96 valence electrons. The number of ether oxygens (including phenoxy) is 1. The number of hydrogen-bond donors (Lipinski definition) is 0. The summed E-state index contributed by atoms with van der Waals surface area (Å²) in [6, 6.07) is 3.80. The van der Waals surface area contributed by atoms with Crippen molar-refractivity contribution in [3.63, 3.8) is 0 Å². The number of carbonyl (C=O) groups excluding carboxylic acids is 1. The van der Waals surface area contributed by atoms with E-state index in [9.17, 15) is 4.79 Å². The standard InChI is InChI=1S/C14H16ClNO2/c1-2-18-14(17)12-6-5-11(15)8-13(12)10-4-3-7-16-9-10/h3-4,7-9,11-12H,2,5-6H2,1H3. The second kappa shape index (κ2) is 6.01. The molecule has 0 spiro atoms. The zero-order valence-electron chi connectivity index (χ0n) is 10.3. The number of rotatable bonds is 3. The van der Waals surface area contributed by atoms with Gasteiger partial charge in [0.05, 0.1) is 17.9 Å². The fraction of sp³-hybridized carbons (Fsp3) is 0.429. The van der Waals surface area contributed by atoms with Crippen LogP contribution in [0.4, 0.5) is 0 Å². The number of esters is 1. The average molecular weight is 266 g/mol. The molecule has 0 N–H and O–H groups in total. The smallest absolute Gasteiger partial charge is 0.313 e. The Labute approximate surface area is 112 Å². The molecule has 1 aromatic rings. The Morgan fingerprint density at radius 1 is 1.56 bits per heavy atom. The van der Waals surface area contributed by atoms with Gasteiger partial charge in [-0.15, -0.1) is 11.6 Å². The Morgan fingerprint density at radius 3 is 3.06 bits per heavy atom. The summed E-state index contributed by atoms with van der Waals surface area (Å²) in [6.45, 7) is 2.22. The molecule has 2 unspecified atom stereocenters. The zero-order chi connectivity index (χ0) is 13.0. The molecular weight excluding hydrogens is 250 g/mol. The number of halogens is 1. The lowest BCUT2D eigenvalue weighted by Crippen LogP contribution is -2.24. The van der Waals surface area contributed by atoms with Gasteiger partial charge in [-0.25, -0.2) is 0 Å². The summed E-state index contributed by atoms with van der Waals surface area (Å²) in [4.78, 5) is 16.1. The number of carbonyl (C=O) groups is 1. The molecule has 18 heavy (non-hydrogen) atoms. The van der Waals surface area contributed by atoms with Gasteiger partial charge in [0.15, 0.2) is 0 Å². The molecule has 1 aromatic heterocycles. The Hall–Kier alpha value is -1.35.